The van der Waals surface area contributed by atoms with Crippen LogP contribution < -0.4 is 15.6 Å². The summed E-state index contributed by atoms with van der Waals surface area (Å²) in [5.41, 5.74) is 4.23. The minimum absolute atomic E-state index is 0. The minimum atomic E-state index is -0.611. The number of aliphatic hydroxyl groups excluding tert-OH is 1. The third-order valence-electron chi connectivity index (χ3n) is 3.84. The number of hydrogen-bond acceptors (Lipinski definition) is 10. The van der Waals surface area contributed by atoms with Crippen LogP contribution in [-0.2, 0) is 42.8 Å². The van der Waals surface area contributed by atoms with Gasteiger partial charge in [0.1, 0.15) is 0 Å². The van der Waals surface area contributed by atoms with Gasteiger partial charge in [0.15, 0.2) is 0 Å². The van der Waals surface area contributed by atoms with E-state index in [0.717, 1.165) is 12.7 Å². The molecule has 3 rings (SSSR count). The van der Waals surface area contributed by atoms with Crippen LogP contribution in [0.2, 0.25) is 0 Å². The fraction of sp³-hybridized carbons (Fsp3) is 0.167. The molecular weight excluding hydrogens is 612 g/mol. The summed E-state index contributed by atoms with van der Waals surface area (Å²) in [6, 6.07) is 9.63. The van der Waals surface area contributed by atoms with Crippen molar-refractivity contribution in [3.8, 4) is 5.75 Å². The van der Waals surface area contributed by atoms with Crippen LogP contribution >= 0.6 is 0 Å². The number of pyridine rings is 2. The molecule has 0 aliphatic carbocycles. The van der Waals surface area contributed by atoms with Crippen molar-refractivity contribution in [2.45, 2.75) is 6.92 Å². The molecule has 0 aliphatic rings. The molecule has 0 saturated carbocycles. The minimum Gasteiger partial charge on any atom is -2.00 e. The smallest absolute Gasteiger partial charge is 0.272 e. The molecule has 0 bridgehead atoms. The SMILES string of the molecule is CO.CS(C)=O.Cc1cc(/C=N/N=C(\[O-])c2cccnc2)c([O-])c(/C=N/NC(=O)c2cccnc2)c1.[Mo].[O-2].[O-2]. The Kier molecular flexibility index (Phi) is 22.8. The van der Waals surface area contributed by atoms with Gasteiger partial charge in [-0.3, -0.25) is 19.0 Å². The van der Waals surface area contributed by atoms with E-state index in [4.69, 9.17) is 5.11 Å². The van der Waals surface area contributed by atoms with Crippen LogP contribution in [0, 0.1) is 6.92 Å². The van der Waals surface area contributed by atoms with Crippen LogP contribution in [0.15, 0.2) is 76.5 Å². The van der Waals surface area contributed by atoms with Gasteiger partial charge in [-0.05, 0) is 41.8 Å². The van der Waals surface area contributed by atoms with Crippen LogP contribution in [0.1, 0.15) is 32.6 Å². The molecule has 0 spiro atoms. The third kappa shape index (κ3) is 15.4. The van der Waals surface area contributed by atoms with Crippen molar-refractivity contribution >= 4 is 35.0 Å². The van der Waals surface area contributed by atoms with E-state index in [0.29, 0.717) is 11.1 Å². The van der Waals surface area contributed by atoms with Gasteiger partial charge in [0.25, 0.3) is 5.91 Å². The molecule has 2 heterocycles. The number of hydrogen-bond donors (Lipinski definition) is 2. The molecule has 0 radical (unpaired) electrons. The second kappa shape index (κ2) is 22.3. The van der Waals surface area contributed by atoms with E-state index in [2.05, 4.69) is 30.7 Å². The second-order valence-corrected chi connectivity index (χ2v) is 8.33. The van der Waals surface area contributed by atoms with Gasteiger partial charge < -0.3 is 26.3 Å². The average molecular weight is 639 g/mol. The number of hydrazone groups is 1. The molecule has 1 aromatic carbocycles. The van der Waals surface area contributed by atoms with E-state index in [1.54, 1.807) is 68.2 Å². The topological polar surface area (TPSA) is 232 Å². The van der Waals surface area contributed by atoms with Crippen molar-refractivity contribution in [3.63, 3.8) is 0 Å². The Labute approximate surface area is 242 Å². The van der Waals surface area contributed by atoms with Gasteiger partial charge in [0, 0.05) is 87.7 Å². The molecular formula is C24H26MoN6O7S-6. The predicted octanol–water partition coefficient (Wildman–Crippen LogP) is 0.127. The summed E-state index contributed by atoms with van der Waals surface area (Å²) in [7, 11) is 0.389. The largest absolute Gasteiger partial charge is 2.00 e. The number of carbonyl (C=O) groups excluding carboxylic acids is 1. The fourth-order valence-corrected chi connectivity index (χ4v) is 2.43. The molecule has 2 aromatic heterocycles. The molecule has 15 heteroatoms. The zero-order valence-electron chi connectivity index (χ0n) is 21.4. The molecule has 0 fully saturated rings. The molecule has 0 atom stereocenters. The van der Waals surface area contributed by atoms with Crippen LogP contribution in [0.4, 0.5) is 0 Å². The number of aromatic nitrogens is 2. The molecule has 1 amide bonds. The summed E-state index contributed by atoms with van der Waals surface area (Å²) in [6.45, 7) is 1.79. The van der Waals surface area contributed by atoms with Crippen molar-refractivity contribution in [3.05, 3.63) is 89.0 Å². The predicted molar refractivity (Wildman–Crippen MR) is 138 cm³/mol. The summed E-state index contributed by atoms with van der Waals surface area (Å²) in [6.07, 6.45) is 11.6. The molecule has 3 aromatic rings. The van der Waals surface area contributed by atoms with Crippen LogP contribution in [0.3, 0.4) is 0 Å². The molecule has 0 saturated heterocycles. The first-order valence-corrected chi connectivity index (χ1v) is 12.2. The fourth-order valence-electron chi connectivity index (χ4n) is 2.43. The van der Waals surface area contributed by atoms with Gasteiger partial charge in [-0.2, -0.15) is 15.3 Å². The van der Waals surface area contributed by atoms with E-state index in [-0.39, 0.29) is 48.9 Å². The number of nitrogens with zero attached hydrogens (tertiary/aromatic N) is 5. The Balaban J connectivity index is -0.00000132. The van der Waals surface area contributed by atoms with E-state index in [1.165, 1.54) is 24.8 Å². The maximum atomic E-state index is 12.6. The number of aryl methyl sites for hydroxylation is 1. The number of amides is 1. The van der Waals surface area contributed by atoms with Crippen molar-refractivity contribution in [1.29, 1.82) is 0 Å². The summed E-state index contributed by atoms with van der Waals surface area (Å²) in [5.74, 6) is -1.39. The zero-order chi connectivity index (χ0) is 26.9. The first-order valence-electron chi connectivity index (χ1n) is 10.2. The summed E-state index contributed by atoms with van der Waals surface area (Å²) >= 11 is 0. The number of aliphatic hydroxyl groups is 1. The zero-order valence-corrected chi connectivity index (χ0v) is 24.2. The Hall–Kier alpha value is -3.68. The number of rotatable bonds is 6. The van der Waals surface area contributed by atoms with Gasteiger partial charge in [-0.15, -0.1) is 0 Å². The van der Waals surface area contributed by atoms with Crippen LogP contribution in [-0.4, -0.2) is 63.1 Å². The van der Waals surface area contributed by atoms with Gasteiger partial charge in [0.05, 0.1) is 18.0 Å². The van der Waals surface area contributed by atoms with Gasteiger partial charge in [-0.25, -0.2) is 5.43 Å². The van der Waals surface area contributed by atoms with Gasteiger partial charge >= 0.3 is 0 Å². The summed E-state index contributed by atoms with van der Waals surface area (Å²) in [4.78, 5) is 19.7. The molecule has 13 nitrogen and oxygen atoms in total. The summed E-state index contributed by atoms with van der Waals surface area (Å²) in [5, 5.41) is 42.6. The molecule has 0 aliphatic heterocycles. The van der Waals surface area contributed by atoms with E-state index < -0.39 is 22.6 Å². The van der Waals surface area contributed by atoms with Crippen LogP contribution in [0.25, 0.3) is 0 Å². The molecule has 212 valence electrons. The van der Waals surface area contributed by atoms with E-state index in [9.17, 15) is 19.2 Å². The number of carbonyl (C=O) groups is 1. The summed E-state index contributed by atoms with van der Waals surface area (Å²) < 4.78 is 9.56. The van der Waals surface area contributed by atoms with E-state index in [1.807, 2.05) is 0 Å². The van der Waals surface area contributed by atoms with Gasteiger partial charge in [0.2, 0.25) is 0 Å². The monoisotopic (exact) mass is 640 g/mol. The van der Waals surface area contributed by atoms with Crippen molar-refractivity contribution in [2.75, 3.05) is 19.6 Å². The Bertz CT molecular complexity index is 1230. The van der Waals surface area contributed by atoms with E-state index >= 15 is 0 Å². The van der Waals surface area contributed by atoms with Crippen molar-refractivity contribution in [1.82, 2.24) is 15.4 Å². The van der Waals surface area contributed by atoms with Crippen LogP contribution in [0.5, 0.6) is 5.75 Å². The molecule has 0 unspecified atom stereocenters. The van der Waals surface area contributed by atoms with Gasteiger partial charge in [-0.1, -0.05) is 23.9 Å². The number of benzene rings is 1. The Morgan fingerprint density at radius 1 is 1.00 bits per heavy atom. The Morgan fingerprint density at radius 3 is 1.97 bits per heavy atom. The first kappa shape index (κ1) is 39.8. The maximum Gasteiger partial charge on any atom is 0.272 e. The second-order valence-electron chi connectivity index (χ2n) is 6.85. The average Bonchev–Trinajstić information content (AvgIpc) is 2.88. The van der Waals surface area contributed by atoms with Crippen molar-refractivity contribution in [2.24, 2.45) is 15.3 Å². The third-order valence-corrected chi connectivity index (χ3v) is 3.84. The van der Waals surface area contributed by atoms with Crippen molar-refractivity contribution < 1.29 is 56.3 Å². The standard InChI is InChI=1S/C21H18N6O3.C2H6OS.CH4O.Mo.2O/c1-14-8-17(12-24-26-20(29)15-4-2-6-22-10-15)19(28)18(9-14)13-25-27-21(30)16-5-3-7-23-11-16;1-4(2)3;1-2;;;/h2-13,28H,1H3,(H,26,29)(H,27,30);1-2H3;2H,1H3;;;/q;;;;2*-2/p-2/b24-12+,25-13+;;;;;. The Morgan fingerprint density at radius 2 is 1.49 bits per heavy atom. The molecule has 2 N–H and O–H groups in total. The quantitative estimate of drug-likeness (QED) is 0.164. The number of nitrogens with one attached hydrogen (secondary N) is 1. The molecule has 39 heavy (non-hydrogen) atoms. The first-order chi connectivity index (χ1) is 17.3. The normalized spacial score (nSPS) is 10.2. The maximum absolute atomic E-state index is 12.6.